The molecule has 41 heavy (non-hydrogen) atoms. The minimum atomic E-state index is -1.54. The molecule has 0 radical (unpaired) electrons. The molecule has 2 aliphatic heterocycles. The summed E-state index contributed by atoms with van der Waals surface area (Å²) >= 11 is 0. The molecule has 0 spiro atoms. The first-order valence-electron chi connectivity index (χ1n) is 13.1. The second-order valence-electron chi connectivity index (χ2n) is 9.82. The normalized spacial score (nSPS) is 15.9. The number of nitrogens with zero attached hydrogens (tertiary/aromatic N) is 3. The monoisotopic (exact) mass is 564 g/mol. The Labute approximate surface area is 232 Å². The van der Waals surface area contributed by atoms with E-state index in [9.17, 15) is 29.3 Å². The number of hydrogen-bond donors (Lipinski definition) is 3. The molecule has 0 saturated heterocycles. The number of benzene rings is 1. The number of esters is 2. The number of cyclic esters (lactones) is 1. The van der Waals surface area contributed by atoms with Crippen LogP contribution < -0.4 is 22.3 Å². The first-order chi connectivity index (χ1) is 19.7. The van der Waals surface area contributed by atoms with E-state index in [1.807, 2.05) is 0 Å². The van der Waals surface area contributed by atoms with E-state index < -0.39 is 40.5 Å². The van der Waals surface area contributed by atoms with E-state index in [1.54, 1.807) is 18.2 Å². The Hall–Kier alpha value is -4.69. The number of nitro benzene ring substituents is 1. The Balaban J connectivity index is 1.51. The zero-order valence-electron chi connectivity index (χ0n) is 22.0. The molecule has 14 heteroatoms. The molecule has 14 nitrogen and oxygen atoms in total. The van der Waals surface area contributed by atoms with Crippen molar-refractivity contribution in [2.45, 2.75) is 51.0 Å². The number of pyridine rings is 2. The van der Waals surface area contributed by atoms with Crippen molar-refractivity contribution in [2.24, 2.45) is 11.5 Å². The third-order valence-electron chi connectivity index (χ3n) is 7.15. The highest BCUT2D eigenvalue weighted by Gasteiger charge is 2.39. The molecule has 0 fully saturated rings. The highest BCUT2D eigenvalue weighted by Crippen LogP contribution is 2.37. The van der Waals surface area contributed by atoms with Gasteiger partial charge in [-0.15, -0.1) is 0 Å². The molecule has 2 aliphatic rings. The van der Waals surface area contributed by atoms with Gasteiger partial charge in [-0.3, -0.25) is 19.7 Å². The quantitative estimate of drug-likeness (QED) is 0.107. The van der Waals surface area contributed by atoms with Gasteiger partial charge >= 0.3 is 11.9 Å². The zero-order valence-corrected chi connectivity index (χ0v) is 22.0. The number of nitrogens with one attached hydrogen (secondary N) is 1. The van der Waals surface area contributed by atoms with Crippen molar-refractivity contribution in [3.63, 3.8) is 0 Å². The van der Waals surface area contributed by atoms with E-state index in [0.717, 1.165) is 0 Å². The van der Waals surface area contributed by atoms with Crippen molar-refractivity contribution in [3.05, 3.63) is 67.5 Å². The van der Waals surface area contributed by atoms with Gasteiger partial charge in [0.2, 0.25) is 12.0 Å². The van der Waals surface area contributed by atoms with Crippen molar-refractivity contribution in [3.8, 4) is 11.4 Å². The maximum atomic E-state index is 13.5. The summed E-state index contributed by atoms with van der Waals surface area (Å²) in [5, 5.41) is 14.5. The lowest BCUT2D eigenvalue weighted by Crippen LogP contribution is -2.44. The van der Waals surface area contributed by atoms with Gasteiger partial charge in [-0.2, -0.15) is 0 Å². The van der Waals surface area contributed by atoms with Crippen LogP contribution in [0.5, 0.6) is 0 Å². The van der Waals surface area contributed by atoms with E-state index in [4.69, 9.17) is 20.9 Å². The van der Waals surface area contributed by atoms with Crippen LogP contribution in [-0.2, 0) is 37.0 Å². The van der Waals surface area contributed by atoms with Gasteiger partial charge in [-0.1, -0.05) is 6.07 Å². The highest BCUT2D eigenvalue weighted by atomic mass is 16.6. The van der Waals surface area contributed by atoms with Crippen molar-refractivity contribution in [1.29, 1.82) is 0 Å². The molecule has 4 heterocycles. The summed E-state index contributed by atoms with van der Waals surface area (Å²) in [6.07, 6.45) is -0.183. The third kappa shape index (κ3) is 5.26. The average molecular weight is 565 g/mol. The van der Waals surface area contributed by atoms with Crippen molar-refractivity contribution >= 4 is 34.4 Å². The Morgan fingerprint density at radius 2 is 2.02 bits per heavy atom. The number of aromatic nitrogens is 2. The van der Waals surface area contributed by atoms with Gasteiger partial charge in [0.25, 0.3) is 11.2 Å². The number of rotatable bonds is 10. The standard InChI is InChI=1S/C27H28N6O8/c28-8-2-1-4-19(30-22(34)7-9-29)26(36)41-24-15-11-21-23-14(12-32(21)25(35)17(15)13-40-27(24)37)10-16-18(31-23)5-3-6-20(16)33(38)39/h3,5-6,10-11,19,24H,1-2,4,7-9,12-13,28-29H2,(H,30,34)/t19?,24-/m1/s1. The Kier molecular flexibility index (Phi) is 7.77. The predicted octanol–water partition coefficient (Wildman–Crippen LogP) is 0.937. The van der Waals surface area contributed by atoms with Gasteiger partial charge in [0.1, 0.15) is 12.6 Å². The summed E-state index contributed by atoms with van der Waals surface area (Å²) in [4.78, 5) is 67.4. The summed E-state index contributed by atoms with van der Waals surface area (Å²) in [7, 11) is 0. The number of non-ortho nitro benzene ring substituents is 1. The molecule has 1 amide bonds. The molecule has 0 bridgehead atoms. The summed E-state index contributed by atoms with van der Waals surface area (Å²) in [6, 6.07) is 6.68. The van der Waals surface area contributed by atoms with Crippen molar-refractivity contribution < 1.29 is 28.8 Å². The molecular weight excluding hydrogens is 536 g/mol. The Morgan fingerprint density at radius 3 is 2.76 bits per heavy atom. The second kappa shape index (κ2) is 11.4. The van der Waals surface area contributed by atoms with Gasteiger partial charge in [-0.25, -0.2) is 14.6 Å². The van der Waals surface area contributed by atoms with E-state index in [0.29, 0.717) is 47.2 Å². The number of hydrogen-bond acceptors (Lipinski definition) is 11. The lowest BCUT2D eigenvalue weighted by molar-refractivity contribution is -0.383. The fraction of sp³-hybridized carbons (Fsp3) is 0.370. The van der Waals surface area contributed by atoms with Gasteiger partial charge in [-0.05, 0) is 44.0 Å². The smallest absolute Gasteiger partial charge is 0.352 e. The Morgan fingerprint density at radius 1 is 1.22 bits per heavy atom. The number of unbranched alkanes of at least 4 members (excludes halogenated alkanes) is 1. The van der Waals surface area contributed by atoms with Crippen LogP contribution in [0.2, 0.25) is 0 Å². The number of nitrogens with two attached hydrogens (primary N) is 2. The van der Waals surface area contributed by atoms with Crippen LogP contribution >= 0.6 is 0 Å². The Bertz CT molecular complexity index is 1630. The lowest BCUT2D eigenvalue weighted by atomic mass is 10.00. The largest absolute Gasteiger partial charge is 0.458 e. The summed E-state index contributed by atoms with van der Waals surface area (Å²) in [6.45, 7) is 0.284. The van der Waals surface area contributed by atoms with Gasteiger partial charge in [0.15, 0.2) is 0 Å². The topological polar surface area (TPSA) is 212 Å². The summed E-state index contributed by atoms with van der Waals surface area (Å²) < 4.78 is 12.2. The van der Waals surface area contributed by atoms with E-state index in [2.05, 4.69) is 10.3 Å². The highest BCUT2D eigenvalue weighted by molar-refractivity contribution is 5.91. The van der Waals surface area contributed by atoms with Gasteiger partial charge in [0.05, 0.1) is 39.3 Å². The maximum absolute atomic E-state index is 13.5. The predicted molar refractivity (Wildman–Crippen MR) is 144 cm³/mol. The first kappa shape index (κ1) is 27.9. The zero-order chi connectivity index (χ0) is 29.3. The van der Waals surface area contributed by atoms with Crippen molar-refractivity contribution in [1.82, 2.24) is 14.9 Å². The average Bonchev–Trinajstić information content (AvgIpc) is 3.30. The molecule has 1 unspecified atom stereocenters. The minimum absolute atomic E-state index is 0.00211. The van der Waals surface area contributed by atoms with Crippen LogP contribution in [0.25, 0.3) is 22.3 Å². The van der Waals surface area contributed by atoms with E-state index in [-0.39, 0.29) is 49.4 Å². The molecule has 0 aliphatic carbocycles. The number of amides is 1. The molecule has 3 aromatic rings. The first-order valence-corrected chi connectivity index (χ1v) is 13.1. The molecule has 5 rings (SSSR count). The number of fused-ring (bicyclic) bond motifs is 5. The molecule has 0 saturated carbocycles. The van der Waals surface area contributed by atoms with Crippen LogP contribution in [0.3, 0.4) is 0 Å². The van der Waals surface area contributed by atoms with Crippen LogP contribution in [-0.4, -0.2) is 51.5 Å². The maximum Gasteiger partial charge on any atom is 0.352 e. The molecule has 5 N–H and O–H groups in total. The van der Waals surface area contributed by atoms with Gasteiger partial charge in [0, 0.05) is 30.2 Å². The SMILES string of the molecule is NCCCCC(NC(=O)CCN)C(=O)O[C@H]1C(=O)OCc2c1cc1n(c2=O)Cc2cc3c([N+](=O)[O-])cccc3nc2-1. The number of ether oxygens (including phenoxy) is 2. The van der Waals surface area contributed by atoms with Crippen LogP contribution in [0.4, 0.5) is 5.69 Å². The van der Waals surface area contributed by atoms with E-state index >= 15 is 0 Å². The van der Waals surface area contributed by atoms with Gasteiger partial charge < -0.3 is 30.8 Å². The van der Waals surface area contributed by atoms with Crippen LogP contribution in [0.15, 0.2) is 35.1 Å². The lowest BCUT2D eigenvalue weighted by Gasteiger charge is -2.27. The number of nitro groups is 1. The number of carbonyl (C=O) groups excluding carboxylic acids is 3. The van der Waals surface area contributed by atoms with E-state index in [1.165, 1.54) is 16.7 Å². The van der Waals surface area contributed by atoms with Crippen LogP contribution in [0.1, 0.15) is 48.5 Å². The minimum Gasteiger partial charge on any atom is -0.458 e. The summed E-state index contributed by atoms with van der Waals surface area (Å²) in [5.41, 5.74) is 12.5. The molecular formula is C27H28N6O8. The molecule has 214 valence electrons. The molecule has 1 aromatic carbocycles. The van der Waals surface area contributed by atoms with Crippen LogP contribution in [0, 0.1) is 10.1 Å². The fourth-order valence-corrected chi connectivity index (χ4v) is 5.13. The third-order valence-corrected chi connectivity index (χ3v) is 7.15. The second-order valence-corrected chi connectivity index (χ2v) is 9.82. The van der Waals surface area contributed by atoms with Crippen molar-refractivity contribution in [2.75, 3.05) is 13.1 Å². The summed E-state index contributed by atoms with van der Waals surface area (Å²) in [5.74, 6) is -2.16. The number of carbonyl (C=O) groups is 3. The fourth-order valence-electron chi connectivity index (χ4n) is 5.13. The molecule has 2 aromatic heterocycles. The molecule has 2 atom stereocenters.